The second-order valence-corrected chi connectivity index (χ2v) is 3.35. The molecule has 0 unspecified atom stereocenters. The van der Waals surface area contributed by atoms with Gasteiger partial charge in [0.1, 0.15) is 17.7 Å². The average Bonchev–Trinajstić information content (AvgIpc) is 2.78. The first-order valence-corrected chi connectivity index (χ1v) is 5.21. The van der Waals surface area contributed by atoms with Gasteiger partial charge in [0.15, 0.2) is 0 Å². The molecule has 0 aliphatic rings. The van der Waals surface area contributed by atoms with E-state index in [2.05, 4.69) is 5.16 Å². The molecule has 2 N–H and O–H groups in total. The van der Waals surface area contributed by atoms with E-state index in [4.69, 9.17) is 15.0 Å². The van der Waals surface area contributed by atoms with E-state index in [0.717, 1.165) is 22.6 Å². The van der Waals surface area contributed by atoms with Crippen LogP contribution in [0.5, 0.6) is 5.75 Å². The summed E-state index contributed by atoms with van der Waals surface area (Å²) in [7, 11) is 0. The molecule has 16 heavy (non-hydrogen) atoms. The highest BCUT2D eigenvalue weighted by atomic mass is 16.5. The van der Waals surface area contributed by atoms with Gasteiger partial charge in [-0.05, 0) is 19.1 Å². The summed E-state index contributed by atoms with van der Waals surface area (Å²) in [5.74, 6) is 0.825. The van der Waals surface area contributed by atoms with Gasteiger partial charge in [0.05, 0.1) is 6.61 Å². The van der Waals surface area contributed by atoms with Crippen molar-refractivity contribution in [1.82, 2.24) is 5.16 Å². The lowest BCUT2D eigenvalue weighted by Crippen LogP contribution is -1.97. The molecule has 0 amide bonds. The number of nitrogens with two attached hydrogens (primary N) is 1. The fraction of sp³-hybridized carbons (Fsp3) is 0.250. The van der Waals surface area contributed by atoms with Gasteiger partial charge in [-0.15, -0.1) is 0 Å². The third-order valence-electron chi connectivity index (χ3n) is 2.28. The van der Waals surface area contributed by atoms with Crippen LogP contribution >= 0.6 is 0 Å². The highest BCUT2D eigenvalue weighted by molar-refractivity contribution is 5.63. The smallest absolute Gasteiger partial charge is 0.128 e. The molecule has 4 heteroatoms. The van der Waals surface area contributed by atoms with Crippen molar-refractivity contribution in [2.45, 2.75) is 13.5 Å². The van der Waals surface area contributed by atoms with Crippen molar-refractivity contribution < 1.29 is 9.26 Å². The molecule has 84 valence electrons. The molecule has 1 aromatic heterocycles. The summed E-state index contributed by atoms with van der Waals surface area (Å²) in [6.45, 7) is 3.01. The lowest BCUT2D eigenvalue weighted by molar-refractivity contribution is 0.340. The zero-order chi connectivity index (χ0) is 11.4. The zero-order valence-corrected chi connectivity index (χ0v) is 9.14. The molecule has 0 aliphatic carbocycles. The van der Waals surface area contributed by atoms with E-state index in [9.17, 15) is 0 Å². The minimum absolute atomic E-state index is 0.414. The highest BCUT2D eigenvalue weighted by Gasteiger charge is 2.09. The molecule has 0 saturated carbocycles. The number of hydrogen-bond acceptors (Lipinski definition) is 4. The number of ether oxygens (including phenoxy) is 1. The molecule has 2 rings (SSSR count). The number of benzene rings is 1. The number of rotatable bonds is 4. The quantitative estimate of drug-likeness (QED) is 0.854. The van der Waals surface area contributed by atoms with E-state index in [-0.39, 0.29) is 0 Å². The standard InChI is InChI=1S/C12H14N2O2/c1-2-15-11-5-3-4-9(6-11)12-10(7-13)8-16-14-12/h3-6,8H,2,7,13H2,1H3. The molecule has 0 aliphatic heterocycles. The summed E-state index contributed by atoms with van der Waals surface area (Å²) in [6.07, 6.45) is 1.57. The second-order valence-electron chi connectivity index (χ2n) is 3.35. The Hall–Kier alpha value is -1.81. The van der Waals surface area contributed by atoms with Crippen LogP contribution in [0.15, 0.2) is 35.1 Å². The van der Waals surface area contributed by atoms with Gasteiger partial charge in [-0.2, -0.15) is 0 Å². The van der Waals surface area contributed by atoms with Crippen molar-refractivity contribution in [3.63, 3.8) is 0 Å². The van der Waals surface area contributed by atoms with E-state index < -0.39 is 0 Å². The molecular formula is C12H14N2O2. The lowest BCUT2D eigenvalue weighted by atomic mass is 10.1. The third kappa shape index (κ3) is 2.06. The summed E-state index contributed by atoms with van der Waals surface area (Å²) in [5, 5.41) is 3.95. The first kappa shape index (κ1) is 10.7. The Morgan fingerprint density at radius 2 is 2.31 bits per heavy atom. The van der Waals surface area contributed by atoms with Gasteiger partial charge in [0, 0.05) is 17.7 Å². The van der Waals surface area contributed by atoms with Crippen LogP contribution in [0.3, 0.4) is 0 Å². The minimum Gasteiger partial charge on any atom is -0.494 e. The van der Waals surface area contributed by atoms with Crippen molar-refractivity contribution in [3.8, 4) is 17.0 Å². The SMILES string of the molecule is CCOc1cccc(-c2nocc2CN)c1. The van der Waals surface area contributed by atoms with Crippen molar-refractivity contribution in [3.05, 3.63) is 36.1 Å². The van der Waals surface area contributed by atoms with Crippen LogP contribution in [0.4, 0.5) is 0 Å². The van der Waals surface area contributed by atoms with E-state index in [1.165, 1.54) is 0 Å². The Morgan fingerprint density at radius 1 is 1.44 bits per heavy atom. The summed E-state index contributed by atoms with van der Waals surface area (Å²) >= 11 is 0. The van der Waals surface area contributed by atoms with E-state index in [1.807, 2.05) is 31.2 Å². The Morgan fingerprint density at radius 3 is 3.06 bits per heavy atom. The van der Waals surface area contributed by atoms with Crippen molar-refractivity contribution in [2.75, 3.05) is 6.61 Å². The predicted octanol–water partition coefficient (Wildman–Crippen LogP) is 2.20. The van der Waals surface area contributed by atoms with E-state index in [0.29, 0.717) is 13.2 Å². The maximum Gasteiger partial charge on any atom is 0.128 e. The molecule has 0 radical (unpaired) electrons. The van der Waals surface area contributed by atoms with Crippen LogP contribution in [-0.2, 0) is 6.54 Å². The highest BCUT2D eigenvalue weighted by Crippen LogP contribution is 2.25. The van der Waals surface area contributed by atoms with Gasteiger partial charge >= 0.3 is 0 Å². The van der Waals surface area contributed by atoms with Gasteiger partial charge in [0.2, 0.25) is 0 Å². The molecule has 0 atom stereocenters. The Kier molecular flexibility index (Phi) is 3.22. The lowest BCUT2D eigenvalue weighted by Gasteiger charge is -2.04. The van der Waals surface area contributed by atoms with Crippen molar-refractivity contribution >= 4 is 0 Å². The molecule has 0 bridgehead atoms. The number of hydrogen-bond donors (Lipinski definition) is 1. The second kappa shape index (κ2) is 4.81. The maximum atomic E-state index is 5.60. The summed E-state index contributed by atoms with van der Waals surface area (Å²) in [6, 6.07) is 7.73. The normalized spacial score (nSPS) is 10.4. The van der Waals surface area contributed by atoms with Gasteiger partial charge in [0.25, 0.3) is 0 Å². The predicted molar refractivity (Wildman–Crippen MR) is 61.0 cm³/mol. The molecule has 0 fully saturated rings. The van der Waals surface area contributed by atoms with E-state index >= 15 is 0 Å². The summed E-state index contributed by atoms with van der Waals surface area (Å²) < 4.78 is 10.3. The van der Waals surface area contributed by atoms with Crippen LogP contribution in [0.25, 0.3) is 11.3 Å². The van der Waals surface area contributed by atoms with Gasteiger partial charge in [-0.1, -0.05) is 17.3 Å². The molecular weight excluding hydrogens is 204 g/mol. The molecule has 1 aromatic carbocycles. The van der Waals surface area contributed by atoms with Crippen LogP contribution < -0.4 is 10.5 Å². The first-order chi connectivity index (χ1) is 7.85. The van der Waals surface area contributed by atoms with Crippen molar-refractivity contribution in [2.24, 2.45) is 5.73 Å². The van der Waals surface area contributed by atoms with E-state index in [1.54, 1.807) is 6.26 Å². The zero-order valence-electron chi connectivity index (χ0n) is 9.14. The Labute approximate surface area is 94.0 Å². The molecule has 1 heterocycles. The molecule has 0 spiro atoms. The van der Waals surface area contributed by atoms with Gasteiger partial charge in [-0.25, -0.2) is 0 Å². The first-order valence-electron chi connectivity index (χ1n) is 5.21. The van der Waals surface area contributed by atoms with Crippen LogP contribution in [0, 0.1) is 0 Å². The fourth-order valence-corrected chi connectivity index (χ4v) is 1.54. The Bertz CT molecular complexity index is 466. The number of aromatic nitrogens is 1. The van der Waals surface area contributed by atoms with Gasteiger partial charge < -0.3 is 15.0 Å². The molecule has 2 aromatic rings. The average molecular weight is 218 g/mol. The molecule has 4 nitrogen and oxygen atoms in total. The third-order valence-corrected chi connectivity index (χ3v) is 2.28. The number of nitrogens with zero attached hydrogens (tertiary/aromatic N) is 1. The topological polar surface area (TPSA) is 61.3 Å². The van der Waals surface area contributed by atoms with Gasteiger partial charge in [-0.3, -0.25) is 0 Å². The summed E-state index contributed by atoms with van der Waals surface area (Å²) in [5.41, 5.74) is 8.23. The maximum absolute atomic E-state index is 5.60. The molecule has 0 saturated heterocycles. The largest absolute Gasteiger partial charge is 0.494 e. The van der Waals surface area contributed by atoms with Crippen molar-refractivity contribution in [1.29, 1.82) is 0 Å². The Balaban J connectivity index is 2.36. The van der Waals surface area contributed by atoms with Crippen LogP contribution in [-0.4, -0.2) is 11.8 Å². The minimum atomic E-state index is 0.414. The van der Waals surface area contributed by atoms with Crippen LogP contribution in [0.1, 0.15) is 12.5 Å². The summed E-state index contributed by atoms with van der Waals surface area (Å²) in [4.78, 5) is 0. The van der Waals surface area contributed by atoms with Crippen LogP contribution in [0.2, 0.25) is 0 Å². The fourth-order valence-electron chi connectivity index (χ4n) is 1.54. The monoisotopic (exact) mass is 218 g/mol.